The molecule has 1 aromatic heterocycles. The average molecular weight is 462 g/mol. The fourth-order valence-electron chi connectivity index (χ4n) is 2.89. The first-order valence-electron chi connectivity index (χ1n) is 10.0. The lowest BCUT2D eigenvalue weighted by molar-refractivity contribution is 0.0527. The van der Waals surface area contributed by atoms with Gasteiger partial charge in [0.15, 0.2) is 0 Å². The minimum Gasteiger partial charge on any atom is -0.462 e. The van der Waals surface area contributed by atoms with Crippen molar-refractivity contribution in [1.82, 2.24) is 10.2 Å². The van der Waals surface area contributed by atoms with Crippen LogP contribution in [-0.4, -0.2) is 56.1 Å². The molecule has 0 radical (unpaired) electrons. The van der Waals surface area contributed by atoms with E-state index >= 15 is 0 Å². The smallest absolute Gasteiger partial charge is 0.348 e. The van der Waals surface area contributed by atoms with Gasteiger partial charge in [-0.3, -0.25) is 10.1 Å². The van der Waals surface area contributed by atoms with E-state index in [1.54, 1.807) is 59.1 Å². The number of nitrogens with zero attached hydrogens (tertiary/aromatic N) is 1. The van der Waals surface area contributed by atoms with Crippen molar-refractivity contribution in [2.75, 3.05) is 32.6 Å². The molecular formula is C22H27N3O6S. The highest BCUT2D eigenvalue weighted by Crippen LogP contribution is 2.34. The van der Waals surface area contributed by atoms with E-state index in [-0.39, 0.29) is 41.1 Å². The summed E-state index contributed by atoms with van der Waals surface area (Å²) in [6, 6.07) is 6.39. The second-order valence-corrected chi connectivity index (χ2v) is 7.78. The number of esters is 2. The van der Waals surface area contributed by atoms with E-state index in [0.717, 1.165) is 16.9 Å². The van der Waals surface area contributed by atoms with Crippen LogP contribution in [-0.2, 0) is 16.0 Å². The van der Waals surface area contributed by atoms with Crippen LogP contribution in [0.1, 0.15) is 55.4 Å². The maximum atomic E-state index is 12.8. The number of hydrogen-bond acceptors (Lipinski definition) is 7. The molecule has 0 aliphatic carbocycles. The summed E-state index contributed by atoms with van der Waals surface area (Å²) in [5.74, 6) is -1.38. The van der Waals surface area contributed by atoms with Crippen molar-refractivity contribution in [3.63, 3.8) is 0 Å². The minimum atomic E-state index is -0.625. The quantitative estimate of drug-likeness (QED) is 0.582. The monoisotopic (exact) mass is 461 g/mol. The normalized spacial score (nSPS) is 10.3. The lowest BCUT2D eigenvalue weighted by Crippen LogP contribution is -2.31. The van der Waals surface area contributed by atoms with Crippen molar-refractivity contribution in [1.29, 1.82) is 0 Å². The highest BCUT2D eigenvalue weighted by molar-refractivity contribution is 7.18. The summed E-state index contributed by atoms with van der Waals surface area (Å²) in [7, 11) is 3.15. The third-order valence-electron chi connectivity index (χ3n) is 4.52. The number of carbonyl (C=O) groups excluding carboxylic acids is 4. The van der Waals surface area contributed by atoms with Crippen LogP contribution in [0.15, 0.2) is 24.3 Å². The van der Waals surface area contributed by atoms with Crippen molar-refractivity contribution in [3.8, 4) is 0 Å². The molecule has 0 saturated heterocycles. The molecule has 172 valence electrons. The lowest BCUT2D eigenvalue weighted by atomic mass is 10.1. The van der Waals surface area contributed by atoms with Crippen molar-refractivity contribution in [2.45, 2.75) is 27.3 Å². The Bertz CT molecular complexity index is 1000. The van der Waals surface area contributed by atoms with Gasteiger partial charge in [-0.25, -0.2) is 14.4 Å². The molecule has 1 aromatic carbocycles. The minimum absolute atomic E-state index is 0.136. The van der Waals surface area contributed by atoms with Crippen LogP contribution in [0.2, 0.25) is 0 Å². The highest BCUT2D eigenvalue weighted by atomic mass is 32.1. The summed E-state index contributed by atoms with van der Waals surface area (Å²) in [6.45, 7) is 5.58. The number of urea groups is 1. The van der Waals surface area contributed by atoms with Crippen molar-refractivity contribution in [3.05, 3.63) is 51.4 Å². The number of benzene rings is 1. The van der Waals surface area contributed by atoms with Gasteiger partial charge in [0.2, 0.25) is 0 Å². The van der Waals surface area contributed by atoms with E-state index in [1.165, 1.54) is 4.90 Å². The second-order valence-electron chi connectivity index (χ2n) is 6.76. The number of ether oxygens (including phenoxy) is 2. The average Bonchev–Trinajstić information content (AvgIpc) is 3.09. The van der Waals surface area contributed by atoms with Crippen LogP contribution >= 0.6 is 11.3 Å². The molecule has 32 heavy (non-hydrogen) atoms. The molecule has 2 aromatic rings. The maximum absolute atomic E-state index is 12.8. The van der Waals surface area contributed by atoms with Crippen molar-refractivity contribution >= 4 is 40.2 Å². The third kappa shape index (κ3) is 5.85. The highest BCUT2D eigenvalue weighted by Gasteiger charge is 2.27. The predicted molar refractivity (Wildman–Crippen MR) is 121 cm³/mol. The summed E-state index contributed by atoms with van der Waals surface area (Å²) in [5.41, 5.74) is 1.87. The Morgan fingerprint density at radius 2 is 1.59 bits per heavy atom. The largest absolute Gasteiger partial charge is 0.462 e. The third-order valence-corrected chi connectivity index (χ3v) is 5.70. The molecule has 0 aliphatic heterocycles. The van der Waals surface area contributed by atoms with Gasteiger partial charge in [0.25, 0.3) is 5.91 Å². The molecule has 0 fully saturated rings. The molecule has 2 N–H and O–H groups in total. The Hall–Kier alpha value is -3.40. The summed E-state index contributed by atoms with van der Waals surface area (Å²) in [6.07, 6.45) is 0. The van der Waals surface area contributed by atoms with Crippen LogP contribution in [0.25, 0.3) is 0 Å². The van der Waals surface area contributed by atoms with Gasteiger partial charge < -0.3 is 19.7 Å². The fourth-order valence-corrected chi connectivity index (χ4v) is 3.96. The van der Waals surface area contributed by atoms with E-state index < -0.39 is 18.0 Å². The van der Waals surface area contributed by atoms with Gasteiger partial charge in [-0.2, -0.15) is 0 Å². The molecule has 0 spiro atoms. The fraction of sp³-hybridized carbons (Fsp3) is 0.364. The SMILES string of the molecule is CCOC(=O)c1sc(NC(=O)N(C)Cc2ccc(C(=O)NC)cc2)c(C(=O)OCC)c1C. The maximum Gasteiger partial charge on any atom is 0.348 e. The van der Waals surface area contributed by atoms with E-state index in [2.05, 4.69) is 10.6 Å². The molecule has 10 heteroatoms. The molecule has 3 amide bonds. The van der Waals surface area contributed by atoms with Gasteiger partial charge in [-0.15, -0.1) is 11.3 Å². The van der Waals surface area contributed by atoms with Crippen LogP contribution in [0, 0.1) is 6.92 Å². The van der Waals surface area contributed by atoms with Crippen LogP contribution in [0.5, 0.6) is 0 Å². The molecule has 0 saturated carbocycles. The van der Waals surface area contributed by atoms with E-state index in [4.69, 9.17) is 9.47 Å². The van der Waals surface area contributed by atoms with Crippen LogP contribution in [0.3, 0.4) is 0 Å². The Labute approximate surface area is 190 Å². The number of amides is 3. The topological polar surface area (TPSA) is 114 Å². The standard InChI is InChI=1S/C22H27N3O6S/c1-6-30-20(27)16-13(3)17(21(28)31-7-2)32-19(16)24-22(29)25(5)12-14-8-10-15(11-9-14)18(26)23-4/h8-11H,6-7,12H2,1-5H3,(H,23,26)(H,24,29). The number of carbonyl (C=O) groups is 4. The first kappa shape index (κ1) is 24.9. The zero-order chi connectivity index (χ0) is 23.8. The van der Waals surface area contributed by atoms with Gasteiger partial charge in [-0.05, 0) is 44.0 Å². The molecule has 0 unspecified atom stereocenters. The van der Waals surface area contributed by atoms with Crippen LogP contribution < -0.4 is 10.6 Å². The molecule has 0 atom stereocenters. The summed E-state index contributed by atoms with van der Waals surface area (Å²) >= 11 is 0.970. The number of anilines is 1. The molecule has 1 heterocycles. The molecule has 9 nitrogen and oxygen atoms in total. The second kappa shape index (κ2) is 11.3. The Morgan fingerprint density at radius 3 is 2.16 bits per heavy atom. The van der Waals surface area contributed by atoms with E-state index in [1.807, 2.05) is 0 Å². The Kier molecular flexibility index (Phi) is 8.77. The molecule has 0 aliphatic rings. The number of thiophene rings is 1. The molecule has 0 bridgehead atoms. The van der Waals surface area contributed by atoms with Crippen molar-refractivity contribution < 1.29 is 28.7 Å². The van der Waals surface area contributed by atoms with Gasteiger partial charge in [0, 0.05) is 26.2 Å². The zero-order valence-electron chi connectivity index (χ0n) is 18.7. The first-order valence-corrected chi connectivity index (χ1v) is 10.9. The zero-order valence-corrected chi connectivity index (χ0v) is 19.6. The van der Waals surface area contributed by atoms with Gasteiger partial charge in [0.05, 0.1) is 18.8 Å². The summed E-state index contributed by atoms with van der Waals surface area (Å²) < 4.78 is 10.1. The number of hydrogen-bond donors (Lipinski definition) is 2. The first-order chi connectivity index (χ1) is 15.2. The van der Waals surface area contributed by atoms with Gasteiger partial charge in [0.1, 0.15) is 9.88 Å². The number of rotatable bonds is 8. The van der Waals surface area contributed by atoms with E-state index in [9.17, 15) is 19.2 Å². The predicted octanol–water partition coefficient (Wildman–Crippen LogP) is 3.43. The van der Waals surface area contributed by atoms with Gasteiger partial charge >= 0.3 is 18.0 Å². The van der Waals surface area contributed by atoms with Gasteiger partial charge in [-0.1, -0.05) is 12.1 Å². The Morgan fingerprint density at radius 1 is 1.00 bits per heavy atom. The molecule has 2 rings (SSSR count). The molecular weight excluding hydrogens is 434 g/mol. The number of nitrogens with one attached hydrogen (secondary N) is 2. The van der Waals surface area contributed by atoms with Crippen LogP contribution in [0.4, 0.5) is 9.80 Å². The summed E-state index contributed by atoms with van der Waals surface area (Å²) in [5, 5.41) is 5.47. The lowest BCUT2D eigenvalue weighted by Gasteiger charge is -2.18. The Balaban J connectivity index is 2.21. The van der Waals surface area contributed by atoms with Crippen molar-refractivity contribution in [2.24, 2.45) is 0 Å². The van der Waals surface area contributed by atoms with E-state index in [0.29, 0.717) is 11.1 Å². The summed E-state index contributed by atoms with van der Waals surface area (Å²) in [4.78, 5) is 50.8.